The van der Waals surface area contributed by atoms with E-state index in [0.29, 0.717) is 18.0 Å². The first-order valence-corrected chi connectivity index (χ1v) is 10.0. The summed E-state index contributed by atoms with van der Waals surface area (Å²) in [5.41, 5.74) is 2.89. The van der Waals surface area contributed by atoms with Crippen LogP contribution in [0, 0.1) is 11.2 Å². The van der Waals surface area contributed by atoms with Gasteiger partial charge in [0.2, 0.25) is 0 Å². The molecule has 0 aliphatic carbocycles. The summed E-state index contributed by atoms with van der Waals surface area (Å²) in [4.78, 5) is 19.5. The molecular weight excluding hydrogens is 375 g/mol. The predicted molar refractivity (Wildman–Crippen MR) is 98.6 cm³/mol. The Kier molecular flexibility index (Phi) is 4.75. The Morgan fingerprint density at radius 3 is 3.08 bits per heavy atom. The van der Waals surface area contributed by atoms with E-state index < -0.39 is 5.41 Å². The molecule has 2 bridgehead atoms. The summed E-state index contributed by atoms with van der Waals surface area (Å²) in [6.07, 6.45) is 3.29. The van der Waals surface area contributed by atoms with Crippen molar-refractivity contribution in [3.8, 4) is 0 Å². The van der Waals surface area contributed by atoms with Crippen LogP contribution >= 0.6 is 22.9 Å². The Labute approximate surface area is 160 Å². The van der Waals surface area contributed by atoms with Gasteiger partial charge in [0.25, 0.3) is 0 Å². The molecule has 3 atom stereocenters. The van der Waals surface area contributed by atoms with Gasteiger partial charge in [-0.25, -0.2) is 9.37 Å². The van der Waals surface area contributed by atoms with Crippen LogP contribution in [0.1, 0.15) is 30.5 Å². The minimum Gasteiger partial charge on any atom is -0.469 e. The molecule has 138 valence electrons. The van der Waals surface area contributed by atoms with Gasteiger partial charge in [-0.05, 0) is 43.0 Å². The number of methoxy groups -OCH3 is 1. The van der Waals surface area contributed by atoms with Gasteiger partial charge >= 0.3 is 5.97 Å². The monoisotopic (exact) mass is 394 g/mol. The largest absolute Gasteiger partial charge is 0.469 e. The molecule has 2 aromatic rings. The average molecular weight is 395 g/mol. The van der Waals surface area contributed by atoms with Gasteiger partial charge in [-0.2, -0.15) is 0 Å². The maximum atomic E-state index is 13.7. The fourth-order valence-electron chi connectivity index (χ4n) is 4.74. The van der Waals surface area contributed by atoms with E-state index >= 15 is 0 Å². The Morgan fingerprint density at radius 2 is 2.35 bits per heavy atom. The van der Waals surface area contributed by atoms with Gasteiger partial charge in [-0.1, -0.05) is 11.6 Å². The Morgan fingerprint density at radius 1 is 1.50 bits per heavy atom. The SMILES string of the molecule is COC(=O)[C@@]1(Cc2cscn2)C[C@H]2CC[C@@H]1N2Cc1cc(F)ccc1Cl. The summed E-state index contributed by atoms with van der Waals surface area (Å²) < 4.78 is 18.9. The minimum atomic E-state index is -0.592. The normalized spacial score (nSPS) is 27.8. The van der Waals surface area contributed by atoms with E-state index in [-0.39, 0.29) is 23.9 Å². The lowest BCUT2D eigenvalue weighted by atomic mass is 9.71. The number of ether oxygens (including phenoxy) is 1. The molecule has 0 N–H and O–H groups in total. The quantitative estimate of drug-likeness (QED) is 0.717. The molecule has 7 heteroatoms. The standard InChI is InChI=1S/C19H20ClFN2O2S/c1-25-18(24)19(7-14-10-26-11-22-14)8-15-3-5-17(19)23(15)9-12-6-13(21)2-4-16(12)20/h2,4,6,10-11,15,17H,3,5,7-9H2,1H3/t15-,17+,19+/m1/s1. The van der Waals surface area contributed by atoms with Crippen LogP contribution in [-0.2, 0) is 22.5 Å². The first-order chi connectivity index (χ1) is 12.5. The van der Waals surface area contributed by atoms with Crippen molar-refractivity contribution in [1.29, 1.82) is 0 Å². The van der Waals surface area contributed by atoms with Gasteiger partial charge in [0.1, 0.15) is 5.82 Å². The molecule has 0 spiro atoms. The lowest BCUT2D eigenvalue weighted by Gasteiger charge is -2.34. The highest BCUT2D eigenvalue weighted by Crippen LogP contribution is 2.52. The number of carbonyl (C=O) groups is 1. The summed E-state index contributed by atoms with van der Waals surface area (Å²) in [5, 5.41) is 2.55. The molecule has 3 heterocycles. The number of fused-ring (bicyclic) bond motifs is 2. The van der Waals surface area contributed by atoms with Crippen molar-refractivity contribution in [1.82, 2.24) is 9.88 Å². The third kappa shape index (κ3) is 2.94. The van der Waals surface area contributed by atoms with Crippen molar-refractivity contribution in [2.45, 2.75) is 44.3 Å². The van der Waals surface area contributed by atoms with Crippen LogP contribution < -0.4 is 0 Å². The number of hydrogen-bond donors (Lipinski definition) is 0. The number of thiazole rings is 1. The molecule has 4 rings (SSSR count). The van der Waals surface area contributed by atoms with E-state index in [1.165, 1.54) is 30.6 Å². The molecule has 2 aliphatic heterocycles. The number of aromatic nitrogens is 1. The highest BCUT2D eigenvalue weighted by molar-refractivity contribution is 7.07. The van der Waals surface area contributed by atoms with Gasteiger partial charge < -0.3 is 4.74 Å². The van der Waals surface area contributed by atoms with Gasteiger partial charge in [-0.15, -0.1) is 11.3 Å². The number of nitrogens with zero attached hydrogens (tertiary/aromatic N) is 2. The zero-order valence-electron chi connectivity index (χ0n) is 14.5. The maximum absolute atomic E-state index is 13.7. The molecule has 2 aliphatic rings. The Hall–Kier alpha value is -1.50. The van der Waals surface area contributed by atoms with E-state index in [1.54, 1.807) is 11.6 Å². The van der Waals surface area contributed by atoms with Gasteiger partial charge in [0, 0.05) is 35.5 Å². The molecule has 4 nitrogen and oxygen atoms in total. The summed E-state index contributed by atoms with van der Waals surface area (Å²) >= 11 is 7.80. The number of carbonyl (C=O) groups excluding carboxylic acids is 1. The highest BCUT2D eigenvalue weighted by Gasteiger charge is 2.60. The number of rotatable bonds is 5. The van der Waals surface area contributed by atoms with Crippen LogP contribution in [0.15, 0.2) is 29.1 Å². The highest BCUT2D eigenvalue weighted by atomic mass is 35.5. The lowest BCUT2D eigenvalue weighted by Crippen LogP contribution is -2.45. The molecule has 1 aromatic heterocycles. The molecule has 0 radical (unpaired) electrons. The third-order valence-corrected chi connectivity index (χ3v) is 6.82. The first-order valence-electron chi connectivity index (χ1n) is 8.68. The Bertz CT molecular complexity index is 816. The molecule has 0 unspecified atom stereocenters. The van der Waals surface area contributed by atoms with Crippen LogP contribution in [0.3, 0.4) is 0 Å². The van der Waals surface area contributed by atoms with Crippen LogP contribution in [0.5, 0.6) is 0 Å². The van der Waals surface area contributed by atoms with E-state index in [9.17, 15) is 9.18 Å². The molecule has 2 fully saturated rings. The number of halogens is 2. The average Bonchev–Trinajstić information content (AvgIpc) is 3.34. The molecule has 2 saturated heterocycles. The van der Waals surface area contributed by atoms with E-state index in [2.05, 4.69) is 9.88 Å². The summed E-state index contributed by atoms with van der Waals surface area (Å²) in [5.74, 6) is -0.467. The second-order valence-corrected chi connectivity index (χ2v) is 8.29. The van der Waals surface area contributed by atoms with E-state index in [4.69, 9.17) is 16.3 Å². The van der Waals surface area contributed by atoms with Crippen LogP contribution in [0.2, 0.25) is 5.02 Å². The molecule has 0 amide bonds. The number of benzene rings is 1. The number of hydrogen-bond acceptors (Lipinski definition) is 5. The summed E-state index contributed by atoms with van der Waals surface area (Å²) in [6, 6.07) is 4.77. The second-order valence-electron chi connectivity index (χ2n) is 7.16. The van der Waals surface area contributed by atoms with Gasteiger partial charge in [0.05, 0.1) is 23.7 Å². The molecular formula is C19H20ClFN2O2S. The van der Waals surface area contributed by atoms with Crippen molar-refractivity contribution in [2.24, 2.45) is 5.41 Å². The topological polar surface area (TPSA) is 42.4 Å². The summed E-state index contributed by atoms with van der Waals surface area (Å²) in [7, 11) is 1.45. The fraction of sp³-hybridized carbons (Fsp3) is 0.474. The minimum absolute atomic E-state index is 0.0565. The van der Waals surface area contributed by atoms with Gasteiger partial charge in [-0.3, -0.25) is 9.69 Å². The second kappa shape index (κ2) is 6.91. The number of esters is 1. The maximum Gasteiger partial charge on any atom is 0.313 e. The Balaban J connectivity index is 1.64. The molecule has 1 aromatic carbocycles. The van der Waals surface area contributed by atoms with Crippen LogP contribution in [-0.4, -0.2) is 35.0 Å². The summed E-state index contributed by atoms with van der Waals surface area (Å²) in [6.45, 7) is 0.543. The van der Waals surface area contributed by atoms with Crippen molar-refractivity contribution in [3.05, 3.63) is 51.2 Å². The zero-order valence-corrected chi connectivity index (χ0v) is 16.0. The van der Waals surface area contributed by atoms with Crippen molar-refractivity contribution in [3.63, 3.8) is 0 Å². The molecule has 26 heavy (non-hydrogen) atoms. The fourth-order valence-corrected chi connectivity index (χ4v) is 5.47. The lowest BCUT2D eigenvalue weighted by molar-refractivity contribution is -0.155. The third-order valence-electron chi connectivity index (χ3n) is 5.81. The van der Waals surface area contributed by atoms with E-state index in [0.717, 1.165) is 30.5 Å². The van der Waals surface area contributed by atoms with Crippen LogP contribution in [0.25, 0.3) is 0 Å². The van der Waals surface area contributed by atoms with Crippen LogP contribution in [0.4, 0.5) is 4.39 Å². The van der Waals surface area contributed by atoms with Crippen molar-refractivity contribution < 1.29 is 13.9 Å². The predicted octanol–water partition coefficient (Wildman–Crippen LogP) is 4.07. The van der Waals surface area contributed by atoms with Crippen molar-refractivity contribution in [2.75, 3.05) is 7.11 Å². The van der Waals surface area contributed by atoms with Crippen molar-refractivity contribution >= 4 is 28.9 Å². The van der Waals surface area contributed by atoms with Gasteiger partial charge in [0.15, 0.2) is 0 Å². The smallest absolute Gasteiger partial charge is 0.313 e. The molecule has 0 saturated carbocycles. The van der Waals surface area contributed by atoms with E-state index in [1.807, 2.05) is 5.38 Å². The first kappa shape index (κ1) is 17.9. The zero-order chi connectivity index (χ0) is 18.3.